The zero-order valence-corrected chi connectivity index (χ0v) is 29.1. The van der Waals surface area contributed by atoms with Gasteiger partial charge in [-0.25, -0.2) is 0 Å². The zero-order valence-electron chi connectivity index (χ0n) is 29.1. The van der Waals surface area contributed by atoms with Crippen molar-refractivity contribution in [3.63, 3.8) is 0 Å². The summed E-state index contributed by atoms with van der Waals surface area (Å²) in [5.74, 6) is 0.871. The van der Waals surface area contributed by atoms with Gasteiger partial charge in [0.15, 0.2) is 0 Å². The summed E-state index contributed by atoms with van der Waals surface area (Å²) in [6.45, 7) is 17.4. The van der Waals surface area contributed by atoms with E-state index in [4.69, 9.17) is 0 Å². The van der Waals surface area contributed by atoms with Crippen molar-refractivity contribution in [3.05, 3.63) is 0 Å². The maximum Gasteiger partial charge on any atom is -0.0246 e. The molecule has 0 aliphatic rings. The first-order chi connectivity index (χ1) is 18.9. The van der Waals surface area contributed by atoms with Gasteiger partial charge >= 0.3 is 0 Å². The lowest BCUT2D eigenvalue weighted by Gasteiger charge is -2.50. The summed E-state index contributed by atoms with van der Waals surface area (Å²) >= 11 is 0. The molecule has 0 nitrogen and oxygen atoms in total. The first-order valence-corrected chi connectivity index (χ1v) is 18.9. The standard InChI is InChI=1S/C39H80/c1-8-12-15-18-21-24-27-30-34-39(33-29-26-23-20-17-14-10-3,38(6,7)36-37(5)32-11-4)35-31-28-25-22-19-16-13-9-2/h37H,8-36H2,1-7H3. The fourth-order valence-electron chi connectivity index (χ4n) is 7.69. The lowest BCUT2D eigenvalue weighted by atomic mass is 9.55. The van der Waals surface area contributed by atoms with Crippen LogP contribution in [0, 0.1) is 16.7 Å². The molecule has 0 radical (unpaired) electrons. The first-order valence-electron chi connectivity index (χ1n) is 18.9. The lowest BCUT2D eigenvalue weighted by molar-refractivity contribution is 0.00783. The molecule has 39 heavy (non-hydrogen) atoms. The SMILES string of the molecule is CCCCCCCCCCC(CCCCCCCCC)(CCCCCCCCCC)C(C)(C)CC(C)CCC. The van der Waals surface area contributed by atoms with Crippen LogP contribution in [0.2, 0.25) is 0 Å². The molecule has 0 heterocycles. The van der Waals surface area contributed by atoms with Crippen LogP contribution in [0.5, 0.6) is 0 Å². The fourth-order valence-corrected chi connectivity index (χ4v) is 7.69. The molecule has 0 saturated heterocycles. The monoisotopic (exact) mass is 549 g/mol. The Morgan fingerprint density at radius 3 is 0.949 bits per heavy atom. The molecule has 236 valence electrons. The third-order valence-electron chi connectivity index (χ3n) is 10.4. The van der Waals surface area contributed by atoms with Crippen molar-refractivity contribution in [2.24, 2.45) is 16.7 Å². The van der Waals surface area contributed by atoms with Crippen LogP contribution in [0.3, 0.4) is 0 Å². The Bertz CT molecular complexity index is 454. The van der Waals surface area contributed by atoms with Crippen LogP contribution < -0.4 is 0 Å². The van der Waals surface area contributed by atoms with Crippen molar-refractivity contribution in [2.45, 2.75) is 235 Å². The van der Waals surface area contributed by atoms with Gasteiger partial charge < -0.3 is 0 Å². The van der Waals surface area contributed by atoms with E-state index in [-0.39, 0.29) is 0 Å². The molecular formula is C39H80. The molecule has 0 saturated carbocycles. The van der Waals surface area contributed by atoms with E-state index in [1.165, 1.54) is 186 Å². The molecule has 0 amide bonds. The Balaban J connectivity index is 5.24. The fraction of sp³-hybridized carbons (Fsp3) is 1.00. The highest BCUT2D eigenvalue weighted by Gasteiger charge is 2.43. The summed E-state index contributed by atoms with van der Waals surface area (Å²) in [6, 6.07) is 0. The number of rotatable bonds is 31. The largest absolute Gasteiger partial charge is 0.0654 e. The summed E-state index contributed by atoms with van der Waals surface area (Å²) in [6.07, 6.45) is 42.1. The molecule has 1 atom stereocenters. The van der Waals surface area contributed by atoms with Crippen molar-refractivity contribution >= 4 is 0 Å². The highest BCUT2D eigenvalue weighted by molar-refractivity contribution is 4.94. The maximum absolute atomic E-state index is 2.70. The van der Waals surface area contributed by atoms with E-state index in [1.54, 1.807) is 0 Å². The van der Waals surface area contributed by atoms with Gasteiger partial charge in [-0.1, -0.05) is 209 Å². The lowest BCUT2D eigenvalue weighted by Crippen LogP contribution is -2.39. The van der Waals surface area contributed by atoms with Crippen LogP contribution in [-0.4, -0.2) is 0 Å². The van der Waals surface area contributed by atoms with Crippen molar-refractivity contribution in [2.75, 3.05) is 0 Å². The van der Waals surface area contributed by atoms with E-state index in [9.17, 15) is 0 Å². The van der Waals surface area contributed by atoms with Crippen LogP contribution in [0.1, 0.15) is 235 Å². The van der Waals surface area contributed by atoms with Crippen LogP contribution >= 0.6 is 0 Å². The second kappa shape index (κ2) is 26.9. The number of unbranched alkanes of at least 4 members (excludes halogenated alkanes) is 20. The van der Waals surface area contributed by atoms with Gasteiger partial charge in [0.2, 0.25) is 0 Å². The summed E-state index contributed by atoms with van der Waals surface area (Å²) < 4.78 is 0. The zero-order chi connectivity index (χ0) is 29.1. The Kier molecular flexibility index (Phi) is 26.9. The number of hydrogen-bond donors (Lipinski definition) is 0. The molecule has 0 bridgehead atoms. The van der Waals surface area contributed by atoms with Crippen LogP contribution in [0.4, 0.5) is 0 Å². The molecule has 0 aliphatic heterocycles. The van der Waals surface area contributed by atoms with Gasteiger partial charge in [-0.3, -0.25) is 0 Å². The summed E-state index contributed by atoms with van der Waals surface area (Å²) in [4.78, 5) is 0. The molecule has 0 aromatic rings. The number of hydrogen-bond acceptors (Lipinski definition) is 0. The predicted molar refractivity (Wildman–Crippen MR) is 182 cm³/mol. The third-order valence-corrected chi connectivity index (χ3v) is 10.4. The summed E-state index contributed by atoms with van der Waals surface area (Å²) in [5.41, 5.74) is 1.02. The minimum atomic E-state index is 0.464. The third kappa shape index (κ3) is 20.5. The van der Waals surface area contributed by atoms with E-state index >= 15 is 0 Å². The van der Waals surface area contributed by atoms with Gasteiger partial charge in [-0.05, 0) is 42.4 Å². The average Bonchev–Trinajstić information content (AvgIpc) is 2.90. The smallest absolute Gasteiger partial charge is 0.0246 e. The molecule has 1 unspecified atom stereocenters. The second-order valence-electron chi connectivity index (χ2n) is 14.6. The molecule has 0 aromatic heterocycles. The van der Waals surface area contributed by atoms with E-state index in [0.717, 1.165) is 5.92 Å². The van der Waals surface area contributed by atoms with Gasteiger partial charge in [0.1, 0.15) is 0 Å². The Labute approximate surface area is 251 Å². The minimum absolute atomic E-state index is 0.464. The summed E-state index contributed by atoms with van der Waals surface area (Å²) in [5, 5.41) is 0. The van der Waals surface area contributed by atoms with Gasteiger partial charge in [-0.15, -0.1) is 0 Å². The van der Waals surface area contributed by atoms with E-state index < -0.39 is 0 Å². The second-order valence-corrected chi connectivity index (χ2v) is 14.6. The highest BCUT2D eigenvalue weighted by Crippen LogP contribution is 2.54. The molecule has 0 fully saturated rings. The molecular weight excluding hydrogens is 468 g/mol. The van der Waals surface area contributed by atoms with Gasteiger partial charge in [0, 0.05) is 0 Å². The van der Waals surface area contributed by atoms with Gasteiger partial charge in [0.05, 0.1) is 0 Å². The van der Waals surface area contributed by atoms with Crippen LogP contribution in [-0.2, 0) is 0 Å². The molecule has 0 N–H and O–H groups in total. The molecule has 0 rings (SSSR count). The highest BCUT2D eigenvalue weighted by atomic mass is 14.5. The van der Waals surface area contributed by atoms with Crippen molar-refractivity contribution < 1.29 is 0 Å². The Morgan fingerprint density at radius 1 is 0.385 bits per heavy atom. The summed E-state index contributed by atoms with van der Waals surface area (Å²) in [7, 11) is 0. The van der Waals surface area contributed by atoms with Crippen molar-refractivity contribution in [3.8, 4) is 0 Å². The topological polar surface area (TPSA) is 0 Å². The molecule has 0 heteroatoms. The molecule has 0 aliphatic carbocycles. The Morgan fingerprint density at radius 2 is 0.667 bits per heavy atom. The van der Waals surface area contributed by atoms with Gasteiger partial charge in [0.25, 0.3) is 0 Å². The van der Waals surface area contributed by atoms with E-state index in [1.807, 2.05) is 0 Å². The van der Waals surface area contributed by atoms with E-state index in [0.29, 0.717) is 10.8 Å². The van der Waals surface area contributed by atoms with Crippen LogP contribution in [0.15, 0.2) is 0 Å². The van der Waals surface area contributed by atoms with E-state index in [2.05, 4.69) is 48.5 Å². The maximum atomic E-state index is 2.70. The van der Waals surface area contributed by atoms with Crippen molar-refractivity contribution in [1.29, 1.82) is 0 Å². The average molecular weight is 549 g/mol. The van der Waals surface area contributed by atoms with Crippen LogP contribution in [0.25, 0.3) is 0 Å². The minimum Gasteiger partial charge on any atom is -0.0654 e. The normalized spacial score (nSPS) is 13.3. The van der Waals surface area contributed by atoms with Gasteiger partial charge in [-0.2, -0.15) is 0 Å². The quantitative estimate of drug-likeness (QED) is 0.0755. The first kappa shape index (κ1) is 39.0. The van der Waals surface area contributed by atoms with Crippen molar-refractivity contribution in [1.82, 2.24) is 0 Å². The molecule has 0 spiro atoms. The molecule has 0 aromatic carbocycles. The predicted octanol–water partition coefficient (Wildman–Crippen LogP) is 15.0. The Hall–Kier alpha value is 0.